The van der Waals surface area contributed by atoms with Gasteiger partial charge in [-0.2, -0.15) is 5.10 Å². The van der Waals surface area contributed by atoms with Crippen LogP contribution in [0.4, 0.5) is 0 Å². The molecule has 0 spiro atoms. The van der Waals surface area contributed by atoms with Crippen LogP contribution in [0.15, 0.2) is 54.0 Å². The number of carbonyl (C=O) groups excluding carboxylic acids is 2. The molecule has 1 aromatic carbocycles. The molecule has 138 valence electrons. The number of hydrogen-bond donors (Lipinski definition) is 0. The Morgan fingerprint density at radius 1 is 1.19 bits per heavy atom. The lowest BCUT2D eigenvalue weighted by Crippen LogP contribution is -2.30. The average Bonchev–Trinajstić information content (AvgIpc) is 3.34. The Kier molecular flexibility index (Phi) is 5.16. The Balaban J connectivity index is 1.61. The van der Waals surface area contributed by atoms with E-state index >= 15 is 0 Å². The molecule has 0 bridgehead atoms. The van der Waals surface area contributed by atoms with Gasteiger partial charge in [0.15, 0.2) is 11.9 Å². The van der Waals surface area contributed by atoms with Crippen molar-refractivity contribution in [1.29, 1.82) is 0 Å². The van der Waals surface area contributed by atoms with Crippen LogP contribution >= 0.6 is 11.3 Å². The maximum absolute atomic E-state index is 12.8. The van der Waals surface area contributed by atoms with E-state index in [1.807, 2.05) is 47.8 Å². The quantitative estimate of drug-likeness (QED) is 0.618. The summed E-state index contributed by atoms with van der Waals surface area (Å²) in [7, 11) is 0. The zero-order valence-electron chi connectivity index (χ0n) is 14.8. The topological polar surface area (TPSA) is 61.2 Å². The number of thiophene rings is 1. The normalized spacial score (nSPS) is 17.0. The highest BCUT2D eigenvalue weighted by molar-refractivity contribution is 7.13. The summed E-state index contributed by atoms with van der Waals surface area (Å²) in [5, 5.41) is 6.57. The number of ether oxygens (including phenoxy) is 1. The van der Waals surface area contributed by atoms with Crippen LogP contribution in [0.1, 0.15) is 41.6 Å². The summed E-state index contributed by atoms with van der Waals surface area (Å²) >= 11 is 1.52. The van der Waals surface area contributed by atoms with E-state index in [0.29, 0.717) is 30.6 Å². The molecule has 2 aromatic heterocycles. The fourth-order valence-corrected chi connectivity index (χ4v) is 4.01. The summed E-state index contributed by atoms with van der Waals surface area (Å²) in [6.07, 6.45) is 3.98. The van der Waals surface area contributed by atoms with Crippen molar-refractivity contribution in [2.75, 3.05) is 0 Å². The standard InChI is InChI=1S/C21H20N2O3S/c24-17-9-4-5-10-18(17)26-21(25)16-14-23(13-15-7-2-1-3-8-15)22-20(16)19-11-6-12-27-19/h1-3,6-8,11-12,14,18H,4-5,9-10,13H2/t18-/m0/s1. The van der Waals surface area contributed by atoms with E-state index < -0.39 is 12.1 Å². The van der Waals surface area contributed by atoms with Crippen LogP contribution in [0.5, 0.6) is 0 Å². The molecule has 1 atom stereocenters. The van der Waals surface area contributed by atoms with Crippen LogP contribution in [0.3, 0.4) is 0 Å². The molecule has 0 saturated heterocycles. The van der Waals surface area contributed by atoms with Gasteiger partial charge in [-0.15, -0.1) is 11.3 Å². The molecule has 27 heavy (non-hydrogen) atoms. The molecule has 1 saturated carbocycles. The van der Waals surface area contributed by atoms with Gasteiger partial charge in [-0.05, 0) is 36.3 Å². The van der Waals surface area contributed by atoms with Gasteiger partial charge in [0, 0.05) is 12.6 Å². The molecule has 1 fully saturated rings. The summed E-state index contributed by atoms with van der Waals surface area (Å²) in [6.45, 7) is 0.564. The summed E-state index contributed by atoms with van der Waals surface area (Å²) in [6, 6.07) is 13.8. The third-order valence-corrected chi connectivity index (χ3v) is 5.55. The molecule has 0 aliphatic heterocycles. The third kappa shape index (κ3) is 4.01. The largest absolute Gasteiger partial charge is 0.451 e. The molecular formula is C21H20N2O3S. The lowest BCUT2D eigenvalue weighted by molar-refractivity contribution is -0.129. The van der Waals surface area contributed by atoms with Crippen LogP contribution in [0.2, 0.25) is 0 Å². The van der Waals surface area contributed by atoms with E-state index in [1.165, 1.54) is 11.3 Å². The molecule has 0 amide bonds. The summed E-state index contributed by atoms with van der Waals surface area (Å²) in [4.78, 5) is 25.7. The molecular weight excluding hydrogens is 360 g/mol. The van der Waals surface area contributed by atoms with Crippen LogP contribution in [0.25, 0.3) is 10.6 Å². The highest BCUT2D eigenvalue weighted by atomic mass is 32.1. The minimum Gasteiger partial charge on any atom is -0.451 e. The van der Waals surface area contributed by atoms with Crippen molar-refractivity contribution in [2.24, 2.45) is 0 Å². The first-order valence-corrected chi connectivity index (χ1v) is 9.97. The predicted molar refractivity (Wildman–Crippen MR) is 104 cm³/mol. The fraction of sp³-hybridized carbons (Fsp3) is 0.286. The molecule has 0 unspecified atom stereocenters. The van der Waals surface area contributed by atoms with Crippen molar-refractivity contribution in [2.45, 2.75) is 38.3 Å². The Hall–Kier alpha value is -2.73. The molecule has 3 aromatic rings. The Labute approximate surface area is 161 Å². The van der Waals surface area contributed by atoms with Gasteiger partial charge < -0.3 is 4.74 Å². The first-order valence-electron chi connectivity index (χ1n) is 9.09. The second-order valence-electron chi connectivity index (χ2n) is 6.66. The number of nitrogens with zero attached hydrogens (tertiary/aromatic N) is 2. The number of carbonyl (C=O) groups is 2. The van der Waals surface area contributed by atoms with E-state index in [1.54, 1.807) is 10.9 Å². The molecule has 2 heterocycles. The zero-order chi connectivity index (χ0) is 18.6. The summed E-state index contributed by atoms with van der Waals surface area (Å²) < 4.78 is 7.31. The van der Waals surface area contributed by atoms with Crippen LogP contribution < -0.4 is 0 Å². The Bertz CT molecular complexity index is 932. The number of aromatic nitrogens is 2. The Morgan fingerprint density at radius 2 is 2.04 bits per heavy atom. The number of esters is 1. The van der Waals surface area contributed by atoms with Crippen LogP contribution in [0, 0.1) is 0 Å². The summed E-state index contributed by atoms with van der Waals surface area (Å²) in [5.74, 6) is -0.457. The maximum atomic E-state index is 12.8. The first-order chi connectivity index (χ1) is 13.2. The van der Waals surface area contributed by atoms with E-state index in [9.17, 15) is 9.59 Å². The molecule has 1 aliphatic carbocycles. The van der Waals surface area contributed by atoms with E-state index in [0.717, 1.165) is 23.3 Å². The van der Waals surface area contributed by atoms with Gasteiger partial charge in [-0.25, -0.2) is 4.79 Å². The second-order valence-corrected chi connectivity index (χ2v) is 7.61. The van der Waals surface area contributed by atoms with Gasteiger partial charge in [-0.1, -0.05) is 36.4 Å². The van der Waals surface area contributed by atoms with Gasteiger partial charge in [0.2, 0.25) is 0 Å². The lowest BCUT2D eigenvalue weighted by Gasteiger charge is -2.20. The minimum absolute atomic E-state index is 0.0175. The average molecular weight is 380 g/mol. The number of benzene rings is 1. The van der Waals surface area contributed by atoms with Crippen molar-refractivity contribution in [1.82, 2.24) is 9.78 Å². The molecule has 4 rings (SSSR count). The van der Waals surface area contributed by atoms with E-state index in [-0.39, 0.29) is 5.78 Å². The lowest BCUT2D eigenvalue weighted by atomic mass is 9.96. The van der Waals surface area contributed by atoms with Crippen LogP contribution in [-0.2, 0) is 16.1 Å². The second kappa shape index (κ2) is 7.88. The van der Waals surface area contributed by atoms with Gasteiger partial charge in [-0.3, -0.25) is 9.48 Å². The number of rotatable bonds is 5. The van der Waals surface area contributed by atoms with Crippen molar-refractivity contribution < 1.29 is 14.3 Å². The maximum Gasteiger partial charge on any atom is 0.342 e. The third-order valence-electron chi connectivity index (χ3n) is 4.67. The predicted octanol–water partition coefficient (Wildman–Crippen LogP) is 4.33. The smallest absolute Gasteiger partial charge is 0.342 e. The van der Waals surface area contributed by atoms with Gasteiger partial charge in [0.25, 0.3) is 0 Å². The van der Waals surface area contributed by atoms with E-state index in [4.69, 9.17) is 4.74 Å². The molecule has 6 heteroatoms. The first kappa shape index (κ1) is 17.7. The monoisotopic (exact) mass is 380 g/mol. The molecule has 0 N–H and O–H groups in total. The van der Waals surface area contributed by atoms with Gasteiger partial charge in [0.1, 0.15) is 11.3 Å². The van der Waals surface area contributed by atoms with Crippen molar-refractivity contribution >= 4 is 23.1 Å². The molecule has 1 aliphatic rings. The molecule has 0 radical (unpaired) electrons. The zero-order valence-corrected chi connectivity index (χ0v) is 15.7. The highest BCUT2D eigenvalue weighted by Gasteiger charge is 2.28. The Morgan fingerprint density at radius 3 is 2.78 bits per heavy atom. The number of hydrogen-bond acceptors (Lipinski definition) is 5. The minimum atomic E-state index is -0.625. The fourth-order valence-electron chi connectivity index (χ4n) is 3.29. The van der Waals surface area contributed by atoms with Gasteiger partial charge >= 0.3 is 5.97 Å². The number of Topliss-reactive ketones (excluding diaryl/α,β-unsaturated/α-hetero) is 1. The SMILES string of the molecule is O=C(O[C@H]1CCCCC1=O)c1cn(Cc2ccccc2)nc1-c1cccs1. The van der Waals surface area contributed by atoms with Crippen molar-refractivity contribution in [3.8, 4) is 10.6 Å². The van der Waals surface area contributed by atoms with Crippen molar-refractivity contribution in [3.05, 3.63) is 65.2 Å². The van der Waals surface area contributed by atoms with E-state index in [2.05, 4.69) is 5.10 Å². The van der Waals surface area contributed by atoms with Crippen molar-refractivity contribution in [3.63, 3.8) is 0 Å². The van der Waals surface area contributed by atoms with Crippen LogP contribution in [-0.4, -0.2) is 27.6 Å². The highest BCUT2D eigenvalue weighted by Crippen LogP contribution is 2.28. The number of ketones is 1. The van der Waals surface area contributed by atoms with Gasteiger partial charge in [0.05, 0.1) is 11.4 Å². The summed E-state index contributed by atoms with van der Waals surface area (Å²) in [5.41, 5.74) is 2.11. The molecule has 5 nitrogen and oxygen atoms in total.